The zero-order valence-corrected chi connectivity index (χ0v) is 19.1. The first-order valence-electron chi connectivity index (χ1n) is 11.2. The van der Waals surface area contributed by atoms with Crippen LogP contribution in [0.25, 0.3) is 11.3 Å². The Kier molecular flexibility index (Phi) is 6.96. The van der Waals surface area contributed by atoms with Gasteiger partial charge in [0.05, 0.1) is 29.2 Å². The van der Waals surface area contributed by atoms with E-state index in [4.69, 9.17) is 10.5 Å². The molecule has 1 aliphatic rings. The first-order valence-corrected chi connectivity index (χ1v) is 11.2. The van der Waals surface area contributed by atoms with E-state index in [1.165, 1.54) is 18.2 Å². The predicted octanol–water partition coefficient (Wildman–Crippen LogP) is 4.95. The van der Waals surface area contributed by atoms with Crippen molar-refractivity contribution in [2.75, 3.05) is 42.7 Å². The fraction of sp³-hybridized carbons (Fsp3) is 0.320. The number of alkyl halides is 3. The molecule has 2 aromatic heterocycles. The summed E-state index contributed by atoms with van der Waals surface area (Å²) in [6, 6.07) is 12.9. The van der Waals surface area contributed by atoms with Crippen molar-refractivity contribution >= 4 is 17.2 Å². The van der Waals surface area contributed by atoms with Crippen molar-refractivity contribution in [3.8, 4) is 23.1 Å². The van der Waals surface area contributed by atoms with Crippen LogP contribution in [0.2, 0.25) is 0 Å². The van der Waals surface area contributed by atoms with Gasteiger partial charge in [0.2, 0.25) is 0 Å². The van der Waals surface area contributed by atoms with Crippen LogP contribution < -0.4 is 20.7 Å². The molecule has 0 saturated carbocycles. The van der Waals surface area contributed by atoms with Crippen molar-refractivity contribution < 1.29 is 17.9 Å². The van der Waals surface area contributed by atoms with Gasteiger partial charge >= 0.3 is 6.18 Å². The minimum Gasteiger partial charge on any atom is -0.493 e. The first kappa shape index (κ1) is 24.1. The molecule has 0 aliphatic carbocycles. The summed E-state index contributed by atoms with van der Waals surface area (Å²) in [7, 11) is 1.61. The van der Waals surface area contributed by atoms with E-state index in [9.17, 15) is 18.4 Å². The van der Waals surface area contributed by atoms with E-state index >= 15 is 0 Å². The molecule has 1 aliphatic heterocycles. The van der Waals surface area contributed by atoms with Gasteiger partial charge in [-0.15, -0.1) is 0 Å². The average molecular weight is 483 g/mol. The summed E-state index contributed by atoms with van der Waals surface area (Å²) in [6.45, 7) is 1.83. The van der Waals surface area contributed by atoms with Crippen LogP contribution in [0.1, 0.15) is 24.1 Å². The summed E-state index contributed by atoms with van der Waals surface area (Å²) in [5, 5.41) is 12.1. The zero-order chi connectivity index (χ0) is 25.0. The fourth-order valence-electron chi connectivity index (χ4n) is 4.18. The van der Waals surface area contributed by atoms with E-state index in [2.05, 4.69) is 20.2 Å². The molecule has 3 aromatic rings. The summed E-state index contributed by atoms with van der Waals surface area (Å²) in [6.07, 6.45) is -1.30. The van der Waals surface area contributed by atoms with Crippen LogP contribution >= 0.6 is 0 Å². The number of hydrogen-bond donors (Lipinski definition) is 2. The van der Waals surface area contributed by atoms with E-state index in [-0.39, 0.29) is 35.0 Å². The Morgan fingerprint density at radius 2 is 2.09 bits per heavy atom. The van der Waals surface area contributed by atoms with E-state index in [1.54, 1.807) is 13.2 Å². The molecule has 35 heavy (non-hydrogen) atoms. The van der Waals surface area contributed by atoms with Crippen LogP contribution in [-0.4, -0.2) is 36.7 Å². The van der Waals surface area contributed by atoms with Crippen LogP contribution in [0.15, 0.2) is 48.7 Å². The SMILES string of the molecule is CNc1cc(-c2ccc(OCC[C@H]3CCN(c4ccccn4)C3)c(C(F)(F)F)c2)nc(C#N)c1N. The number of nitrogens with two attached hydrogens (primary N) is 1. The quantitative estimate of drug-likeness (QED) is 0.491. The lowest BCUT2D eigenvalue weighted by molar-refractivity contribution is -0.138. The molecule has 1 saturated heterocycles. The highest BCUT2D eigenvalue weighted by Gasteiger charge is 2.35. The number of nitrogen functional groups attached to an aromatic ring is 1. The number of aromatic nitrogens is 2. The number of halogens is 3. The van der Waals surface area contributed by atoms with Crippen molar-refractivity contribution in [3.63, 3.8) is 0 Å². The molecule has 3 heterocycles. The maximum absolute atomic E-state index is 13.9. The van der Waals surface area contributed by atoms with Gasteiger partial charge in [-0.25, -0.2) is 9.97 Å². The number of nitrogens with one attached hydrogen (secondary N) is 1. The van der Waals surface area contributed by atoms with E-state index in [0.29, 0.717) is 18.0 Å². The molecule has 182 valence electrons. The fourth-order valence-corrected chi connectivity index (χ4v) is 4.18. The van der Waals surface area contributed by atoms with Gasteiger partial charge in [-0.3, -0.25) is 0 Å². The molecular weight excluding hydrogens is 457 g/mol. The average Bonchev–Trinajstić information content (AvgIpc) is 3.33. The molecule has 0 amide bonds. The van der Waals surface area contributed by atoms with Crippen LogP contribution in [0.3, 0.4) is 0 Å². The topological polar surface area (TPSA) is 100 Å². The van der Waals surface area contributed by atoms with Crippen molar-refractivity contribution in [2.24, 2.45) is 5.92 Å². The highest BCUT2D eigenvalue weighted by atomic mass is 19.4. The van der Waals surface area contributed by atoms with Crippen LogP contribution in [0.4, 0.5) is 30.4 Å². The van der Waals surface area contributed by atoms with E-state index in [1.807, 2.05) is 24.3 Å². The van der Waals surface area contributed by atoms with Crippen molar-refractivity contribution in [1.29, 1.82) is 5.26 Å². The minimum absolute atomic E-state index is 0.0583. The highest BCUT2D eigenvalue weighted by Crippen LogP contribution is 2.39. The standard InChI is InChI=1S/C25H25F3N6O/c1-31-20-13-19(33-21(14-29)24(20)30)17-5-6-22(18(12-17)25(26,27)28)35-11-8-16-7-10-34(15-16)23-4-2-3-9-32-23/h2-6,9,12-13,16H,7-8,10-11,15,30H2,1H3,(H,31,33)/t16-/m1/s1. The molecule has 1 atom stereocenters. The Hall–Kier alpha value is -4.00. The van der Waals surface area contributed by atoms with E-state index in [0.717, 1.165) is 31.4 Å². The molecule has 1 fully saturated rings. The molecule has 0 spiro atoms. The first-order chi connectivity index (χ1) is 16.8. The molecule has 3 N–H and O–H groups in total. The van der Waals surface area contributed by atoms with Gasteiger partial charge in [0.1, 0.15) is 17.6 Å². The lowest BCUT2D eigenvalue weighted by Gasteiger charge is -2.18. The molecule has 0 radical (unpaired) electrons. The summed E-state index contributed by atoms with van der Waals surface area (Å²) in [4.78, 5) is 10.7. The Labute approximate surface area is 201 Å². The Morgan fingerprint density at radius 1 is 1.26 bits per heavy atom. The Balaban J connectivity index is 1.48. The second kappa shape index (κ2) is 10.1. The predicted molar refractivity (Wildman–Crippen MR) is 128 cm³/mol. The number of pyridine rings is 2. The zero-order valence-electron chi connectivity index (χ0n) is 19.1. The van der Waals surface area contributed by atoms with Crippen molar-refractivity contribution in [1.82, 2.24) is 9.97 Å². The Bertz CT molecular complexity index is 1230. The number of rotatable bonds is 7. The van der Waals surface area contributed by atoms with Gasteiger partial charge in [-0.1, -0.05) is 6.07 Å². The van der Waals surface area contributed by atoms with Crippen LogP contribution in [0, 0.1) is 17.2 Å². The third-order valence-corrected chi connectivity index (χ3v) is 6.06. The monoisotopic (exact) mass is 482 g/mol. The highest BCUT2D eigenvalue weighted by molar-refractivity contribution is 5.77. The second-order valence-corrected chi connectivity index (χ2v) is 8.31. The smallest absolute Gasteiger partial charge is 0.419 e. The lowest BCUT2D eigenvalue weighted by atomic mass is 10.0. The van der Waals surface area contributed by atoms with Crippen molar-refractivity contribution in [3.05, 3.63) is 59.9 Å². The minimum atomic E-state index is -4.62. The van der Waals surface area contributed by atoms with E-state index < -0.39 is 11.7 Å². The largest absolute Gasteiger partial charge is 0.493 e. The van der Waals surface area contributed by atoms with Gasteiger partial charge in [-0.05, 0) is 55.2 Å². The summed E-state index contributed by atoms with van der Waals surface area (Å²) < 4.78 is 47.2. The maximum atomic E-state index is 13.9. The summed E-state index contributed by atoms with van der Waals surface area (Å²) in [5.74, 6) is 0.989. The van der Waals surface area contributed by atoms with Gasteiger partial charge in [0, 0.05) is 31.9 Å². The maximum Gasteiger partial charge on any atom is 0.419 e. The molecule has 10 heteroatoms. The second-order valence-electron chi connectivity index (χ2n) is 8.31. The Morgan fingerprint density at radius 3 is 2.77 bits per heavy atom. The number of nitrogens with zero attached hydrogens (tertiary/aromatic N) is 4. The third-order valence-electron chi connectivity index (χ3n) is 6.06. The molecule has 4 rings (SSSR count). The number of anilines is 3. The van der Waals surface area contributed by atoms with Crippen LogP contribution in [0.5, 0.6) is 5.75 Å². The van der Waals surface area contributed by atoms with Crippen molar-refractivity contribution in [2.45, 2.75) is 19.0 Å². The normalized spacial score (nSPS) is 15.6. The molecule has 7 nitrogen and oxygen atoms in total. The van der Waals surface area contributed by atoms with Gasteiger partial charge in [0.25, 0.3) is 0 Å². The molecule has 0 unspecified atom stereocenters. The number of ether oxygens (including phenoxy) is 1. The van der Waals surface area contributed by atoms with Gasteiger partial charge in [-0.2, -0.15) is 18.4 Å². The van der Waals surface area contributed by atoms with Gasteiger partial charge < -0.3 is 20.7 Å². The molecular formula is C25H25F3N6O. The summed E-state index contributed by atoms with van der Waals surface area (Å²) >= 11 is 0. The molecule has 0 bridgehead atoms. The lowest BCUT2D eigenvalue weighted by Crippen LogP contribution is -2.21. The molecule has 1 aromatic carbocycles. The number of benzene rings is 1. The number of nitriles is 1. The van der Waals surface area contributed by atoms with Crippen LogP contribution in [-0.2, 0) is 6.18 Å². The van der Waals surface area contributed by atoms with Gasteiger partial charge in [0.15, 0.2) is 5.69 Å². The number of hydrogen-bond acceptors (Lipinski definition) is 7. The third kappa shape index (κ3) is 5.40. The summed E-state index contributed by atoms with van der Waals surface area (Å²) in [5.41, 5.74) is 5.89.